The number of hydrogen-bond donors (Lipinski definition) is 1. The zero-order valence-corrected chi connectivity index (χ0v) is 10.4. The van der Waals surface area contributed by atoms with Gasteiger partial charge in [-0.25, -0.2) is 0 Å². The predicted octanol–water partition coefficient (Wildman–Crippen LogP) is 2.87. The Morgan fingerprint density at radius 1 is 1.25 bits per heavy atom. The molecule has 2 unspecified atom stereocenters. The van der Waals surface area contributed by atoms with Crippen molar-refractivity contribution in [2.45, 2.75) is 45.3 Å². The summed E-state index contributed by atoms with van der Waals surface area (Å²) < 4.78 is 5.81. The molecule has 0 bridgehead atoms. The molecule has 1 aliphatic rings. The minimum absolute atomic E-state index is 0.0198. The van der Waals surface area contributed by atoms with Crippen LogP contribution in [0.1, 0.15) is 42.5 Å². The van der Waals surface area contributed by atoms with Gasteiger partial charge in [0, 0.05) is 6.61 Å². The summed E-state index contributed by atoms with van der Waals surface area (Å²) in [4.78, 5) is 0. The lowest BCUT2D eigenvalue weighted by Crippen LogP contribution is -2.37. The Balaban J connectivity index is 2.29. The Bertz CT molecular complexity index is 360. The summed E-state index contributed by atoms with van der Waals surface area (Å²) in [5.41, 5.74) is 9.90. The Morgan fingerprint density at radius 2 is 1.88 bits per heavy atom. The molecule has 88 valence electrons. The summed E-state index contributed by atoms with van der Waals surface area (Å²) in [6, 6.07) is 6.50. The average Bonchev–Trinajstić information content (AvgIpc) is 2.64. The Hall–Kier alpha value is -0.860. The molecule has 1 saturated heterocycles. The van der Waals surface area contributed by atoms with Gasteiger partial charge in [-0.3, -0.25) is 0 Å². The maximum absolute atomic E-state index is 6.35. The van der Waals surface area contributed by atoms with Crippen molar-refractivity contribution in [2.24, 2.45) is 5.73 Å². The van der Waals surface area contributed by atoms with E-state index in [2.05, 4.69) is 39.0 Å². The molecule has 1 aromatic rings. The van der Waals surface area contributed by atoms with E-state index < -0.39 is 0 Å². The van der Waals surface area contributed by atoms with E-state index in [4.69, 9.17) is 10.5 Å². The SMILES string of the molecule is Cc1cc(C)cc(C(N)C2(C)CCCO2)c1. The molecule has 0 aromatic heterocycles. The highest BCUT2D eigenvalue weighted by atomic mass is 16.5. The number of aryl methyl sites for hydroxylation is 2. The molecule has 2 rings (SSSR count). The molecule has 0 saturated carbocycles. The highest BCUT2D eigenvalue weighted by Crippen LogP contribution is 2.36. The van der Waals surface area contributed by atoms with E-state index in [1.54, 1.807) is 0 Å². The van der Waals surface area contributed by atoms with Crippen LogP contribution >= 0.6 is 0 Å². The van der Waals surface area contributed by atoms with Crippen LogP contribution in [-0.4, -0.2) is 12.2 Å². The Kier molecular flexibility index (Phi) is 3.04. The minimum atomic E-state index is -0.180. The van der Waals surface area contributed by atoms with Crippen molar-refractivity contribution in [1.29, 1.82) is 0 Å². The van der Waals surface area contributed by atoms with Gasteiger partial charge >= 0.3 is 0 Å². The predicted molar refractivity (Wildman–Crippen MR) is 66.4 cm³/mol. The molecule has 2 nitrogen and oxygen atoms in total. The smallest absolute Gasteiger partial charge is 0.0847 e. The molecule has 1 aliphatic heterocycles. The second-order valence-corrected chi connectivity index (χ2v) is 5.16. The number of benzene rings is 1. The summed E-state index contributed by atoms with van der Waals surface area (Å²) >= 11 is 0. The van der Waals surface area contributed by atoms with Gasteiger partial charge in [0.1, 0.15) is 0 Å². The van der Waals surface area contributed by atoms with Gasteiger partial charge in [0.25, 0.3) is 0 Å². The fourth-order valence-electron chi connectivity index (χ4n) is 2.59. The molecule has 1 heterocycles. The fraction of sp³-hybridized carbons (Fsp3) is 0.571. The van der Waals surface area contributed by atoms with Crippen LogP contribution in [0.4, 0.5) is 0 Å². The van der Waals surface area contributed by atoms with Crippen LogP contribution in [0.15, 0.2) is 18.2 Å². The first-order valence-corrected chi connectivity index (χ1v) is 5.99. The maximum atomic E-state index is 6.35. The van der Waals surface area contributed by atoms with Crippen molar-refractivity contribution in [3.63, 3.8) is 0 Å². The second kappa shape index (κ2) is 4.19. The van der Waals surface area contributed by atoms with Crippen LogP contribution in [0, 0.1) is 13.8 Å². The van der Waals surface area contributed by atoms with Crippen molar-refractivity contribution in [3.8, 4) is 0 Å². The van der Waals surface area contributed by atoms with Gasteiger partial charge in [-0.15, -0.1) is 0 Å². The largest absolute Gasteiger partial charge is 0.373 e. The van der Waals surface area contributed by atoms with Gasteiger partial charge in [-0.1, -0.05) is 29.3 Å². The molecule has 0 aliphatic carbocycles. The third kappa shape index (κ3) is 2.13. The number of ether oxygens (including phenoxy) is 1. The molecule has 0 spiro atoms. The Morgan fingerprint density at radius 3 is 2.38 bits per heavy atom. The molecular formula is C14H21NO. The van der Waals surface area contributed by atoms with E-state index in [-0.39, 0.29) is 11.6 Å². The number of nitrogens with two attached hydrogens (primary N) is 1. The fourth-order valence-corrected chi connectivity index (χ4v) is 2.59. The van der Waals surface area contributed by atoms with Crippen LogP contribution in [0.25, 0.3) is 0 Å². The average molecular weight is 219 g/mol. The highest BCUT2D eigenvalue weighted by Gasteiger charge is 2.37. The summed E-state index contributed by atoms with van der Waals surface area (Å²) in [6.45, 7) is 7.19. The standard InChI is InChI=1S/C14H21NO/c1-10-7-11(2)9-12(8-10)13(15)14(3)5-4-6-16-14/h7-9,13H,4-6,15H2,1-3H3. The molecule has 2 atom stereocenters. The summed E-state index contributed by atoms with van der Waals surface area (Å²) in [5.74, 6) is 0. The van der Waals surface area contributed by atoms with E-state index in [9.17, 15) is 0 Å². The van der Waals surface area contributed by atoms with E-state index in [1.807, 2.05) is 0 Å². The van der Waals surface area contributed by atoms with Crippen LogP contribution in [-0.2, 0) is 4.74 Å². The van der Waals surface area contributed by atoms with Gasteiger partial charge in [0.2, 0.25) is 0 Å². The summed E-state index contributed by atoms with van der Waals surface area (Å²) in [5, 5.41) is 0. The first-order chi connectivity index (χ1) is 7.51. The Labute approximate surface area is 97.8 Å². The van der Waals surface area contributed by atoms with E-state index in [0.717, 1.165) is 19.4 Å². The van der Waals surface area contributed by atoms with Crippen LogP contribution in [0.5, 0.6) is 0 Å². The molecule has 2 heteroatoms. The van der Waals surface area contributed by atoms with E-state index >= 15 is 0 Å². The lowest BCUT2D eigenvalue weighted by atomic mass is 9.87. The lowest BCUT2D eigenvalue weighted by molar-refractivity contribution is -0.00175. The third-order valence-electron chi connectivity index (χ3n) is 3.51. The normalized spacial score (nSPS) is 27.0. The maximum Gasteiger partial charge on any atom is 0.0847 e. The second-order valence-electron chi connectivity index (χ2n) is 5.16. The number of hydrogen-bond acceptors (Lipinski definition) is 2. The summed E-state index contributed by atoms with van der Waals surface area (Å²) in [7, 11) is 0. The third-order valence-corrected chi connectivity index (χ3v) is 3.51. The van der Waals surface area contributed by atoms with Gasteiger partial charge < -0.3 is 10.5 Å². The van der Waals surface area contributed by atoms with Crippen molar-refractivity contribution in [3.05, 3.63) is 34.9 Å². The van der Waals surface area contributed by atoms with Crippen molar-refractivity contribution in [2.75, 3.05) is 6.61 Å². The van der Waals surface area contributed by atoms with Gasteiger partial charge in [0.05, 0.1) is 11.6 Å². The first-order valence-electron chi connectivity index (χ1n) is 5.99. The molecule has 0 amide bonds. The topological polar surface area (TPSA) is 35.2 Å². The molecular weight excluding hydrogens is 198 g/mol. The quantitative estimate of drug-likeness (QED) is 0.830. The van der Waals surface area contributed by atoms with Crippen LogP contribution in [0.3, 0.4) is 0 Å². The lowest BCUT2D eigenvalue weighted by Gasteiger charge is -2.31. The van der Waals surface area contributed by atoms with Crippen molar-refractivity contribution >= 4 is 0 Å². The monoisotopic (exact) mass is 219 g/mol. The van der Waals surface area contributed by atoms with Crippen molar-refractivity contribution < 1.29 is 4.74 Å². The van der Waals surface area contributed by atoms with Gasteiger partial charge in [0.15, 0.2) is 0 Å². The van der Waals surface area contributed by atoms with Crippen molar-refractivity contribution in [1.82, 2.24) is 0 Å². The highest BCUT2D eigenvalue weighted by molar-refractivity contribution is 5.32. The first kappa shape index (κ1) is 11.6. The zero-order chi connectivity index (χ0) is 11.8. The molecule has 1 fully saturated rings. The zero-order valence-electron chi connectivity index (χ0n) is 10.4. The number of rotatable bonds is 2. The van der Waals surface area contributed by atoms with E-state index in [1.165, 1.54) is 16.7 Å². The molecule has 16 heavy (non-hydrogen) atoms. The van der Waals surface area contributed by atoms with Gasteiger partial charge in [-0.2, -0.15) is 0 Å². The molecule has 2 N–H and O–H groups in total. The van der Waals surface area contributed by atoms with Crippen LogP contribution < -0.4 is 5.73 Å². The van der Waals surface area contributed by atoms with Crippen LogP contribution in [0.2, 0.25) is 0 Å². The van der Waals surface area contributed by atoms with Gasteiger partial charge in [-0.05, 0) is 39.2 Å². The molecule has 1 aromatic carbocycles. The molecule has 0 radical (unpaired) electrons. The summed E-state index contributed by atoms with van der Waals surface area (Å²) in [6.07, 6.45) is 2.18. The minimum Gasteiger partial charge on any atom is -0.373 e. The van der Waals surface area contributed by atoms with E-state index in [0.29, 0.717) is 0 Å².